The monoisotopic (exact) mass is 260 g/mol. The Balaban J connectivity index is 2.98. The number of hydrogen-bond donors (Lipinski definition) is 1. The van der Waals surface area contributed by atoms with Crippen LogP contribution in [0.4, 0.5) is 17.6 Å². The van der Waals surface area contributed by atoms with Gasteiger partial charge in [-0.25, -0.2) is 4.39 Å². The second kappa shape index (κ2) is 5.87. The van der Waals surface area contributed by atoms with Crippen LogP contribution in [-0.4, -0.2) is 5.11 Å². The molecule has 18 heavy (non-hydrogen) atoms. The van der Waals surface area contributed by atoms with Crippen LogP contribution in [0.3, 0.4) is 0 Å². The molecule has 0 amide bonds. The first kappa shape index (κ1) is 14.5. The van der Waals surface area contributed by atoms with E-state index in [0.29, 0.717) is 18.9 Å². The zero-order valence-electron chi connectivity index (χ0n) is 9.47. The van der Waals surface area contributed by atoms with Crippen molar-refractivity contribution in [1.29, 1.82) is 0 Å². The van der Waals surface area contributed by atoms with Crippen LogP contribution in [-0.2, 0) is 6.18 Å². The summed E-state index contributed by atoms with van der Waals surface area (Å²) < 4.78 is 50.8. The van der Waals surface area contributed by atoms with Gasteiger partial charge >= 0.3 is 6.18 Å². The van der Waals surface area contributed by atoms with Crippen LogP contribution in [0, 0.1) is 18.2 Å². The lowest BCUT2D eigenvalue weighted by molar-refractivity contribution is -0.139. The molecule has 0 heterocycles. The fourth-order valence-corrected chi connectivity index (χ4v) is 1.62. The van der Waals surface area contributed by atoms with Crippen molar-refractivity contribution in [3.63, 3.8) is 0 Å². The van der Waals surface area contributed by atoms with Gasteiger partial charge < -0.3 is 5.11 Å². The molecule has 0 fully saturated rings. The van der Waals surface area contributed by atoms with Gasteiger partial charge in [0, 0.05) is 6.42 Å². The Kier molecular flexibility index (Phi) is 4.74. The molecule has 0 aromatic heterocycles. The second-order valence-electron chi connectivity index (χ2n) is 3.84. The Morgan fingerprint density at radius 3 is 2.56 bits per heavy atom. The van der Waals surface area contributed by atoms with Gasteiger partial charge in [-0.1, -0.05) is 6.07 Å². The largest absolute Gasteiger partial charge is 0.416 e. The average Bonchev–Trinajstić information content (AvgIpc) is 2.28. The van der Waals surface area contributed by atoms with Gasteiger partial charge in [-0.15, -0.1) is 12.3 Å². The molecule has 1 atom stereocenters. The second-order valence-corrected chi connectivity index (χ2v) is 3.84. The lowest BCUT2D eigenvalue weighted by Crippen LogP contribution is -2.12. The highest BCUT2D eigenvalue weighted by molar-refractivity contribution is 5.32. The minimum atomic E-state index is -4.69. The zero-order valence-corrected chi connectivity index (χ0v) is 9.47. The topological polar surface area (TPSA) is 20.2 Å². The van der Waals surface area contributed by atoms with Crippen LogP contribution in [0.15, 0.2) is 18.2 Å². The zero-order chi connectivity index (χ0) is 13.8. The van der Waals surface area contributed by atoms with E-state index in [0.717, 1.165) is 12.1 Å². The van der Waals surface area contributed by atoms with Gasteiger partial charge in [-0.3, -0.25) is 0 Å². The van der Waals surface area contributed by atoms with Crippen LogP contribution < -0.4 is 0 Å². The lowest BCUT2D eigenvalue weighted by Gasteiger charge is -2.17. The quantitative estimate of drug-likeness (QED) is 0.497. The van der Waals surface area contributed by atoms with Crippen molar-refractivity contribution in [1.82, 2.24) is 0 Å². The minimum absolute atomic E-state index is 0.110. The summed E-state index contributed by atoms with van der Waals surface area (Å²) in [5, 5.41) is 9.69. The molecule has 1 unspecified atom stereocenters. The average molecular weight is 260 g/mol. The van der Waals surface area contributed by atoms with Crippen molar-refractivity contribution in [3.8, 4) is 12.3 Å². The smallest absolute Gasteiger partial charge is 0.388 e. The molecule has 0 radical (unpaired) electrons. The summed E-state index contributed by atoms with van der Waals surface area (Å²) in [6.45, 7) is 0. The van der Waals surface area contributed by atoms with E-state index < -0.39 is 23.7 Å². The summed E-state index contributed by atoms with van der Waals surface area (Å²) >= 11 is 0. The first-order valence-corrected chi connectivity index (χ1v) is 5.34. The first-order chi connectivity index (χ1) is 8.36. The number of benzene rings is 1. The number of halogens is 4. The van der Waals surface area contributed by atoms with Gasteiger partial charge in [0.1, 0.15) is 5.82 Å². The van der Waals surface area contributed by atoms with Gasteiger partial charge in [0.2, 0.25) is 0 Å². The Labute approximate surface area is 102 Å². The molecule has 1 aromatic rings. The summed E-state index contributed by atoms with van der Waals surface area (Å²) in [7, 11) is 0. The van der Waals surface area contributed by atoms with E-state index in [2.05, 4.69) is 5.92 Å². The van der Waals surface area contributed by atoms with E-state index in [1.54, 1.807) is 0 Å². The maximum Gasteiger partial charge on any atom is 0.416 e. The summed E-state index contributed by atoms with van der Waals surface area (Å²) in [5.74, 6) is 1.35. The molecular weight excluding hydrogens is 248 g/mol. The van der Waals surface area contributed by atoms with Crippen LogP contribution in [0.25, 0.3) is 0 Å². The highest BCUT2D eigenvalue weighted by atomic mass is 19.4. The normalized spacial score (nSPS) is 13.1. The summed E-state index contributed by atoms with van der Waals surface area (Å²) in [6, 6.07) is 2.24. The van der Waals surface area contributed by atoms with Gasteiger partial charge in [0.15, 0.2) is 0 Å². The SMILES string of the molecule is C#CCCCC(O)c1ccc(F)cc1C(F)(F)F. The molecule has 1 aromatic carbocycles. The van der Waals surface area contributed by atoms with E-state index >= 15 is 0 Å². The van der Waals surface area contributed by atoms with Crippen molar-refractivity contribution in [3.05, 3.63) is 35.1 Å². The predicted molar refractivity (Wildman–Crippen MR) is 59.0 cm³/mol. The molecule has 0 saturated carbocycles. The number of alkyl halides is 3. The number of aliphatic hydroxyl groups is 1. The van der Waals surface area contributed by atoms with E-state index in [1.807, 2.05) is 0 Å². The maximum atomic E-state index is 12.8. The number of aliphatic hydroxyl groups excluding tert-OH is 1. The van der Waals surface area contributed by atoms with Crippen molar-refractivity contribution in [2.45, 2.75) is 31.5 Å². The molecule has 0 aliphatic carbocycles. The van der Waals surface area contributed by atoms with Crippen LogP contribution in [0.2, 0.25) is 0 Å². The van der Waals surface area contributed by atoms with Crippen LogP contribution in [0.5, 0.6) is 0 Å². The molecular formula is C13H12F4O. The van der Waals surface area contributed by atoms with Crippen molar-refractivity contribution >= 4 is 0 Å². The van der Waals surface area contributed by atoms with E-state index in [-0.39, 0.29) is 12.0 Å². The summed E-state index contributed by atoms with van der Waals surface area (Å²) in [5.41, 5.74) is -1.46. The summed E-state index contributed by atoms with van der Waals surface area (Å²) in [6.07, 6.45) is -0.0808. The predicted octanol–water partition coefficient (Wildman–Crippen LogP) is 3.68. The highest BCUT2D eigenvalue weighted by Crippen LogP contribution is 2.36. The van der Waals surface area contributed by atoms with Gasteiger partial charge in [-0.05, 0) is 30.5 Å². The van der Waals surface area contributed by atoms with Gasteiger partial charge in [0.25, 0.3) is 0 Å². The highest BCUT2D eigenvalue weighted by Gasteiger charge is 2.35. The molecule has 5 heteroatoms. The Morgan fingerprint density at radius 2 is 2.00 bits per heavy atom. The van der Waals surface area contributed by atoms with E-state index in [9.17, 15) is 22.7 Å². The van der Waals surface area contributed by atoms with Gasteiger partial charge in [0.05, 0.1) is 11.7 Å². The lowest BCUT2D eigenvalue weighted by atomic mass is 9.98. The van der Waals surface area contributed by atoms with Crippen molar-refractivity contribution in [2.75, 3.05) is 0 Å². The fraction of sp³-hybridized carbons (Fsp3) is 0.385. The molecule has 1 nitrogen and oxygen atoms in total. The molecule has 0 aliphatic rings. The Morgan fingerprint density at radius 1 is 1.33 bits per heavy atom. The molecule has 98 valence electrons. The van der Waals surface area contributed by atoms with Gasteiger partial charge in [-0.2, -0.15) is 13.2 Å². The molecule has 0 saturated heterocycles. The Hall–Kier alpha value is -1.54. The third-order valence-corrected chi connectivity index (χ3v) is 2.48. The standard InChI is InChI=1S/C13H12F4O/c1-2-3-4-5-12(18)10-7-6-9(14)8-11(10)13(15,16)17/h1,6-8,12,18H,3-5H2. The number of unbranched alkanes of at least 4 members (excludes halogenated alkanes) is 1. The first-order valence-electron chi connectivity index (χ1n) is 5.34. The summed E-state index contributed by atoms with van der Waals surface area (Å²) in [4.78, 5) is 0. The third-order valence-electron chi connectivity index (χ3n) is 2.48. The third kappa shape index (κ3) is 3.74. The molecule has 1 rings (SSSR count). The number of hydrogen-bond acceptors (Lipinski definition) is 1. The maximum absolute atomic E-state index is 12.8. The van der Waals surface area contributed by atoms with E-state index in [1.165, 1.54) is 0 Å². The van der Waals surface area contributed by atoms with Crippen molar-refractivity contribution < 1.29 is 22.7 Å². The van der Waals surface area contributed by atoms with E-state index in [4.69, 9.17) is 6.42 Å². The van der Waals surface area contributed by atoms with Crippen LogP contribution >= 0.6 is 0 Å². The number of rotatable bonds is 4. The molecule has 0 spiro atoms. The molecule has 1 N–H and O–H groups in total. The Bertz CT molecular complexity index is 445. The fourth-order valence-electron chi connectivity index (χ4n) is 1.62. The molecule has 0 aliphatic heterocycles. The minimum Gasteiger partial charge on any atom is -0.388 e. The molecule has 0 bridgehead atoms. The van der Waals surface area contributed by atoms with Crippen LogP contribution in [0.1, 0.15) is 36.5 Å². The number of terminal acetylenes is 1. The van der Waals surface area contributed by atoms with Crippen molar-refractivity contribution in [2.24, 2.45) is 0 Å².